The Morgan fingerprint density at radius 2 is 1.92 bits per heavy atom. The van der Waals surface area contributed by atoms with Crippen LogP contribution in [0.15, 0.2) is 23.2 Å². The Bertz CT molecular complexity index is 519. The summed E-state index contributed by atoms with van der Waals surface area (Å²) < 4.78 is 26.8. The summed E-state index contributed by atoms with van der Waals surface area (Å²) in [5.74, 6) is -0.243. The van der Waals surface area contributed by atoms with Crippen LogP contribution in [-0.4, -0.2) is 43.6 Å². The van der Waals surface area contributed by atoms with Crippen LogP contribution in [0.4, 0.5) is 8.78 Å². The number of benzene rings is 1. The summed E-state index contributed by atoms with van der Waals surface area (Å²) in [6, 6.07) is 3.44. The Morgan fingerprint density at radius 1 is 1.17 bits per heavy atom. The molecule has 0 amide bonds. The van der Waals surface area contributed by atoms with Gasteiger partial charge in [-0.1, -0.05) is 6.42 Å². The number of piperidine rings is 1. The van der Waals surface area contributed by atoms with Crippen LogP contribution in [0.1, 0.15) is 31.7 Å². The highest BCUT2D eigenvalue weighted by molar-refractivity contribution is 14.0. The molecular formula is C17H27F2IN4. The smallest absolute Gasteiger partial charge is 0.191 e. The van der Waals surface area contributed by atoms with Gasteiger partial charge in [0.2, 0.25) is 0 Å². The first kappa shape index (κ1) is 21.1. The Hall–Kier alpha value is -0.960. The van der Waals surface area contributed by atoms with Crippen molar-refractivity contribution in [3.05, 3.63) is 35.4 Å². The SMILES string of the molecule is CCNC(=NCc1cc(F)ccc1F)NCCN1CCCCC1.I. The van der Waals surface area contributed by atoms with Crippen LogP contribution in [-0.2, 0) is 6.54 Å². The zero-order chi connectivity index (χ0) is 16.5. The quantitative estimate of drug-likeness (QED) is 0.396. The van der Waals surface area contributed by atoms with Crippen molar-refractivity contribution in [1.82, 2.24) is 15.5 Å². The van der Waals surface area contributed by atoms with E-state index in [0.717, 1.165) is 44.9 Å². The third kappa shape index (κ3) is 7.29. The summed E-state index contributed by atoms with van der Waals surface area (Å²) in [5, 5.41) is 6.38. The largest absolute Gasteiger partial charge is 0.357 e. The van der Waals surface area contributed by atoms with E-state index in [1.807, 2.05) is 6.92 Å². The highest BCUT2D eigenvalue weighted by Gasteiger charge is 2.09. The maximum absolute atomic E-state index is 13.6. The topological polar surface area (TPSA) is 39.7 Å². The molecule has 0 aliphatic carbocycles. The van der Waals surface area contributed by atoms with E-state index in [-0.39, 0.29) is 36.1 Å². The lowest BCUT2D eigenvalue weighted by Crippen LogP contribution is -2.42. The molecule has 1 saturated heterocycles. The van der Waals surface area contributed by atoms with Gasteiger partial charge in [-0.15, -0.1) is 24.0 Å². The van der Waals surface area contributed by atoms with Gasteiger partial charge in [-0.25, -0.2) is 13.8 Å². The fraction of sp³-hybridized carbons (Fsp3) is 0.588. The van der Waals surface area contributed by atoms with E-state index in [1.165, 1.54) is 25.3 Å². The molecule has 2 N–H and O–H groups in total. The first-order chi connectivity index (χ1) is 11.2. The zero-order valence-electron chi connectivity index (χ0n) is 14.2. The molecule has 24 heavy (non-hydrogen) atoms. The normalized spacial score (nSPS) is 15.7. The van der Waals surface area contributed by atoms with E-state index in [9.17, 15) is 8.78 Å². The minimum Gasteiger partial charge on any atom is -0.357 e. The molecule has 0 aromatic heterocycles. The second-order valence-electron chi connectivity index (χ2n) is 5.76. The summed E-state index contributed by atoms with van der Waals surface area (Å²) in [6.45, 7) is 6.89. The lowest BCUT2D eigenvalue weighted by Gasteiger charge is -2.26. The van der Waals surface area contributed by atoms with E-state index >= 15 is 0 Å². The molecule has 2 rings (SSSR count). The van der Waals surface area contributed by atoms with Gasteiger partial charge in [0.05, 0.1) is 6.54 Å². The Labute approximate surface area is 160 Å². The molecule has 0 unspecified atom stereocenters. The van der Waals surface area contributed by atoms with Crippen LogP contribution in [0.25, 0.3) is 0 Å². The van der Waals surface area contributed by atoms with Crippen molar-refractivity contribution in [2.75, 3.05) is 32.7 Å². The summed E-state index contributed by atoms with van der Waals surface area (Å²) >= 11 is 0. The van der Waals surface area contributed by atoms with E-state index in [2.05, 4.69) is 20.5 Å². The fourth-order valence-corrected chi connectivity index (χ4v) is 2.69. The zero-order valence-corrected chi connectivity index (χ0v) is 16.5. The van der Waals surface area contributed by atoms with Crippen molar-refractivity contribution in [3.63, 3.8) is 0 Å². The molecule has 1 aromatic carbocycles. The summed E-state index contributed by atoms with van der Waals surface area (Å²) in [7, 11) is 0. The number of hydrogen-bond donors (Lipinski definition) is 2. The number of nitrogens with zero attached hydrogens (tertiary/aromatic N) is 2. The third-order valence-electron chi connectivity index (χ3n) is 3.93. The molecule has 0 atom stereocenters. The molecule has 1 heterocycles. The first-order valence-electron chi connectivity index (χ1n) is 8.37. The molecule has 136 valence electrons. The predicted molar refractivity (Wildman–Crippen MR) is 105 cm³/mol. The second-order valence-corrected chi connectivity index (χ2v) is 5.76. The van der Waals surface area contributed by atoms with Crippen LogP contribution >= 0.6 is 24.0 Å². The number of halogens is 3. The van der Waals surface area contributed by atoms with Crippen molar-refractivity contribution in [2.45, 2.75) is 32.7 Å². The standard InChI is InChI=1S/C17H26F2N4.HI/c1-2-20-17(21-8-11-23-9-4-3-5-10-23)22-13-14-12-15(18)6-7-16(14)19;/h6-7,12H,2-5,8-11,13H2,1H3,(H2,20,21,22);1H. The van der Waals surface area contributed by atoms with Gasteiger partial charge in [0.15, 0.2) is 5.96 Å². The average molecular weight is 452 g/mol. The monoisotopic (exact) mass is 452 g/mol. The minimum absolute atomic E-state index is 0. The molecule has 1 aliphatic rings. The molecular weight excluding hydrogens is 425 g/mol. The van der Waals surface area contributed by atoms with Crippen LogP contribution in [0.2, 0.25) is 0 Å². The van der Waals surface area contributed by atoms with E-state index in [1.54, 1.807) is 0 Å². The van der Waals surface area contributed by atoms with Crippen molar-refractivity contribution >= 4 is 29.9 Å². The van der Waals surface area contributed by atoms with Crippen LogP contribution in [0, 0.1) is 11.6 Å². The van der Waals surface area contributed by atoms with E-state index in [4.69, 9.17) is 0 Å². The van der Waals surface area contributed by atoms with Crippen molar-refractivity contribution in [3.8, 4) is 0 Å². The summed E-state index contributed by atoms with van der Waals surface area (Å²) in [5.41, 5.74) is 0.262. The number of rotatable bonds is 6. The Kier molecular flexibility index (Phi) is 10.2. The van der Waals surface area contributed by atoms with Crippen LogP contribution in [0.3, 0.4) is 0 Å². The first-order valence-corrected chi connectivity index (χ1v) is 8.37. The highest BCUT2D eigenvalue weighted by Crippen LogP contribution is 2.10. The molecule has 1 aliphatic heterocycles. The Balaban J connectivity index is 0.00000288. The van der Waals surface area contributed by atoms with Gasteiger partial charge < -0.3 is 15.5 Å². The molecule has 1 fully saturated rings. The molecule has 0 spiro atoms. The maximum Gasteiger partial charge on any atom is 0.191 e. The van der Waals surface area contributed by atoms with Gasteiger partial charge in [-0.05, 0) is 51.1 Å². The molecule has 7 heteroatoms. The number of aliphatic imine (C=N–C) groups is 1. The van der Waals surface area contributed by atoms with Gasteiger partial charge >= 0.3 is 0 Å². The molecule has 4 nitrogen and oxygen atoms in total. The minimum atomic E-state index is -0.445. The van der Waals surface area contributed by atoms with Crippen molar-refractivity contribution in [1.29, 1.82) is 0 Å². The van der Waals surface area contributed by atoms with Crippen molar-refractivity contribution < 1.29 is 8.78 Å². The number of guanidine groups is 1. The lowest BCUT2D eigenvalue weighted by atomic mass is 10.1. The second kappa shape index (κ2) is 11.6. The highest BCUT2D eigenvalue weighted by atomic mass is 127. The predicted octanol–water partition coefficient (Wildman–Crippen LogP) is 3.12. The Morgan fingerprint density at radius 3 is 2.62 bits per heavy atom. The van der Waals surface area contributed by atoms with Crippen LogP contribution in [0.5, 0.6) is 0 Å². The number of hydrogen-bond acceptors (Lipinski definition) is 2. The molecule has 1 aromatic rings. The van der Waals surface area contributed by atoms with Gasteiger partial charge in [0, 0.05) is 25.2 Å². The molecule has 0 bridgehead atoms. The van der Waals surface area contributed by atoms with Gasteiger partial charge in [0.1, 0.15) is 11.6 Å². The summed E-state index contributed by atoms with van der Waals surface area (Å²) in [6.07, 6.45) is 3.87. The third-order valence-corrected chi connectivity index (χ3v) is 3.93. The van der Waals surface area contributed by atoms with Crippen LogP contribution < -0.4 is 10.6 Å². The van der Waals surface area contributed by atoms with Crippen molar-refractivity contribution in [2.24, 2.45) is 4.99 Å². The molecule has 0 radical (unpaired) electrons. The lowest BCUT2D eigenvalue weighted by molar-refractivity contribution is 0.232. The van der Waals surface area contributed by atoms with E-state index < -0.39 is 11.6 Å². The number of likely N-dealkylation sites (tertiary alicyclic amines) is 1. The fourth-order valence-electron chi connectivity index (χ4n) is 2.69. The number of nitrogens with one attached hydrogen (secondary N) is 2. The van der Waals surface area contributed by atoms with Gasteiger partial charge in [-0.3, -0.25) is 0 Å². The van der Waals surface area contributed by atoms with Gasteiger partial charge in [0.25, 0.3) is 0 Å². The maximum atomic E-state index is 13.6. The van der Waals surface area contributed by atoms with Gasteiger partial charge in [-0.2, -0.15) is 0 Å². The van der Waals surface area contributed by atoms with E-state index in [0.29, 0.717) is 5.96 Å². The molecule has 0 saturated carbocycles. The summed E-state index contributed by atoms with van der Waals surface area (Å²) in [4.78, 5) is 6.77. The average Bonchev–Trinajstić information content (AvgIpc) is 2.56.